The topological polar surface area (TPSA) is 32.7 Å². The summed E-state index contributed by atoms with van der Waals surface area (Å²) in [5, 5.41) is 9.99. The molecule has 0 radical (unpaired) electrons. The summed E-state index contributed by atoms with van der Waals surface area (Å²) in [6, 6.07) is 0.623. The van der Waals surface area contributed by atoms with Crippen molar-refractivity contribution in [3.8, 4) is 0 Å². The molecule has 2 aliphatic rings. The molecule has 15 heavy (non-hydrogen) atoms. The molecule has 0 bridgehead atoms. The first-order valence-electron chi connectivity index (χ1n) is 6.24. The van der Waals surface area contributed by atoms with Gasteiger partial charge in [-0.25, -0.2) is 0 Å². The molecule has 3 nitrogen and oxygen atoms in total. The molecule has 1 saturated heterocycles. The van der Waals surface area contributed by atoms with Crippen molar-refractivity contribution in [1.82, 2.24) is 4.90 Å². The molecule has 3 atom stereocenters. The summed E-state index contributed by atoms with van der Waals surface area (Å²) in [7, 11) is 1.76. The Balaban J connectivity index is 1.94. The van der Waals surface area contributed by atoms with Gasteiger partial charge in [-0.1, -0.05) is 12.8 Å². The number of aliphatic hydroxyl groups is 1. The maximum Gasteiger partial charge on any atom is 0.0595 e. The molecule has 0 amide bonds. The van der Waals surface area contributed by atoms with Gasteiger partial charge in [-0.05, 0) is 19.3 Å². The maximum atomic E-state index is 9.99. The van der Waals surface area contributed by atoms with Gasteiger partial charge in [-0.2, -0.15) is 0 Å². The first kappa shape index (κ1) is 11.4. The molecule has 1 aliphatic carbocycles. The number of fused-ring (bicyclic) bond motifs is 1. The van der Waals surface area contributed by atoms with Crippen LogP contribution in [0.2, 0.25) is 0 Å². The fourth-order valence-electron chi connectivity index (χ4n) is 3.21. The molecule has 0 aromatic carbocycles. The van der Waals surface area contributed by atoms with Gasteiger partial charge in [0.2, 0.25) is 0 Å². The number of nitrogens with zero attached hydrogens (tertiary/aromatic N) is 1. The summed E-state index contributed by atoms with van der Waals surface area (Å²) in [5.74, 6) is 0.532. The van der Waals surface area contributed by atoms with E-state index in [9.17, 15) is 5.11 Å². The molecule has 0 spiro atoms. The van der Waals surface area contributed by atoms with Crippen LogP contribution in [0.15, 0.2) is 0 Å². The molecule has 0 unspecified atom stereocenters. The number of rotatable bonds is 3. The number of methoxy groups -OCH3 is 1. The zero-order valence-corrected chi connectivity index (χ0v) is 9.69. The highest BCUT2D eigenvalue weighted by Crippen LogP contribution is 2.35. The van der Waals surface area contributed by atoms with Gasteiger partial charge >= 0.3 is 0 Å². The van der Waals surface area contributed by atoms with Crippen molar-refractivity contribution in [3.05, 3.63) is 0 Å². The van der Waals surface area contributed by atoms with Crippen LogP contribution in [-0.4, -0.2) is 49.0 Å². The molecule has 1 aliphatic heterocycles. The van der Waals surface area contributed by atoms with E-state index < -0.39 is 0 Å². The third kappa shape index (κ3) is 2.52. The Labute approximate surface area is 92.4 Å². The smallest absolute Gasteiger partial charge is 0.0595 e. The molecule has 1 N–H and O–H groups in total. The van der Waals surface area contributed by atoms with E-state index in [1.165, 1.54) is 25.7 Å². The highest BCUT2D eigenvalue weighted by atomic mass is 16.5. The van der Waals surface area contributed by atoms with Crippen LogP contribution in [0.3, 0.4) is 0 Å². The van der Waals surface area contributed by atoms with Gasteiger partial charge in [0.1, 0.15) is 0 Å². The third-order valence-corrected chi connectivity index (χ3v) is 4.04. The second kappa shape index (κ2) is 5.28. The summed E-state index contributed by atoms with van der Waals surface area (Å²) in [6.07, 6.45) is 6.02. The van der Waals surface area contributed by atoms with E-state index in [1.807, 2.05) is 0 Å². The lowest BCUT2D eigenvalue weighted by molar-refractivity contribution is -0.0422. The summed E-state index contributed by atoms with van der Waals surface area (Å²) in [6.45, 7) is 2.90. The number of hydrogen-bond acceptors (Lipinski definition) is 3. The summed E-state index contributed by atoms with van der Waals surface area (Å²) in [5.41, 5.74) is 0. The van der Waals surface area contributed by atoms with Crippen molar-refractivity contribution in [2.75, 3.05) is 26.8 Å². The second-order valence-electron chi connectivity index (χ2n) is 4.90. The lowest BCUT2D eigenvalue weighted by Crippen LogP contribution is -2.53. The lowest BCUT2D eigenvalue weighted by atomic mass is 9.76. The van der Waals surface area contributed by atoms with Crippen LogP contribution in [0.1, 0.15) is 32.1 Å². The molecule has 2 rings (SSSR count). The predicted octanol–water partition coefficient (Wildman–Crippen LogP) is 1.26. The highest BCUT2D eigenvalue weighted by molar-refractivity contribution is 4.91. The SMILES string of the molecule is COCCN1CC[C@H](O)[C@@H]2CCCC[C@@H]21. The molecule has 1 saturated carbocycles. The number of piperidine rings is 1. The standard InChI is InChI=1S/C12H23NO2/c1-15-9-8-13-7-6-12(14)10-4-2-3-5-11(10)13/h10-12,14H,2-9H2,1H3/t10-,11+,12+/m1/s1. The van der Waals surface area contributed by atoms with Crippen LogP contribution >= 0.6 is 0 Å². The van der Waals surface area contributed by atoms with Crippen LogP contribution in [0.5, 0.6) is 0 Å². The van der Waals surface area contributed by atoms with E-state index in [0.29, 0.717) is 12.0 Å². The van der Waals surface area contributed by atoms with E-state index in [0.717, 1.165) is 26.1 Å². The molecular formula is C12H23NO2. The minimum Gasteiger partial charge on any atom is -0.393 e. The van der Waals surface area contributed by atoms with Crippen molar-refractivity contribution < 1.29 is 9.84 Å². The Bertz CT molecular complexity index is 196. The zero-order chi connectivity index (χ0) is 10.7. The summed E-state index contributed by atoms with van der Waals surface area (Å²) < 4.78 is 5.15. The molecule has 0 aromatic heterocycles. The molecule has 3 heteroatoms. The summed E-state index contributed by atoms with van der Waals surface area (Å²) in [4.78, 5) is 2.53. The Morgan fingerprint density at radius 2 is 2.07 bits per heavy atom. The molecule has 1 heterocycles. The monoisotopic (exact) mass is 213 g/mol. The van der Waals surface area contributed by atoms with E-state index in [1.54, 1.807) is 7.11 Å². The van der Waals surface area contributed by atoms with E-state index >= 15 is 0 Å². The highest BCUT2D eigenvalue weighted by Gasteiger charge is 2.37. The fraction of sp³-hybridized carbons (Fsp3) is 1.00. The average molecular weight is 213 g/mol. The van der Waals surface area contributed by atoms with Crippen molar-refractivity contribution in [2.24, 2.45) is 5.92 Å². The van der Waals surface area contributed by atoms with E-state index in [2.05, 4.69) is 4.90 Å². The zero-order valence-electron chi connectivity index (χ0n) is 9.69. The van der Waals surface area contributed by atoms with Crippen molar-refractivity contribution in [1.29, 1.82) is 0 Å². The van der Waals surface area contributed by atoms with Crippen LogP contribution < -0.4 is 0 Å². The summed E-state index contributed by atoms with van der Waals surface area (Å²) >= 11 is 0. The lowest BCUT2D eigenvalue weighted by Gasteiger charge is -2.46. The number of aliphatic hydroxyl groups excluding tert-OH is 1. The van der Waals surface area contributed by atoms with Gasteiger partial charge in [0.05, 0.1) is 12.7 Å². The Morgan fingerprint density at radius 1 is 1.27 bits per heavy atom. The van der Waals surface area contributed by atoms with Gasteiger partial charge < -0.3 is 9.84 Å². The van der Waals surface area contributed by atoms with Crippen molar-refractivity contribution >= 4 is 0 Å². The van der Waals surface area contributed by atoms with Crippen LogP contribution in [-0.2, 0) is 4.74 Å². The molecule has 0 aromatic rings. The normalized spacial score (nSPS) is 37.6. The number of hydrogen-bond donors (Lipinski definition) is 1. The van der Waals surface area contributed by atoms with Gasteiger partial charge in [0.15, 0.2) is 0 Å². The number of ether oxygens (including phenoxy) is 1. The Morgan fingerprint density at radius 3 is 2.87 bits per heavy atom. The van der Waals surface area contributed by atoms with Gasteiger partial charge in [0.25, 0.3) is 0 Å². The number of likely N-dealkylation sites (tertiary alicyclic amines) is 1. The van der Waals surface area contributed by atoms with Crippen LogP contribution in [0.25, 0.3) is 0 Å². The maximum absolute atomic E-state index is 9.99. The van der Waals surface area contributed by atoms with E-state index in [4.69, 9.17) is 4.74 Å². The molecular weight excluding hydrogens is 190 g/mol. The predicted molar refractivity (Wildman–Crippen MR) is 59.8 cm³/mol. The van der Waals surface area contributed by atoms with E-state index in [-0.39, 0.29) is 6.10 Å². The van der Waals surface area contributed by atoms with Crippen LogP contribution in [0.4, 0.5) is 0 Å². The minimum atomic E-state index is -0.0471. The van der Waals surface area contributed by atoms with Crippen molar-refractivity contribution in [3.63, 3.8) is 0 Å². The quantitative estimate of drug-likeness (QED) is 0.766. The van der Waals surface area contributed by atoms with Gasteiger partial charge in [-0.15, -0.1) is 0 Å². The fourth-order valence-corrected chi connectivity index (χ4v) is 3.21. The van der Waals surface area contributed by atoms with Gasteiger partial charge in [-0.3, -0.25) is 4.90 Å². The van der Waals surface area contributed by atoms with Crippen molar-refractivity contribution in [2.45, 2.75) is 44.2 Å². The Hall–Kier alpha value is -0.120. The van der Waals surface area contributed by atoms with Gasteiger partial charge in [0, 0.05) is 32.2 Å². The second-order valence-corrected chi connectivity index (χ2v) is 4.90. The first-order valence-corrected chi connectivity index (χ1v) is 6.24. The minimum absolute atomic E-state index is 0.0471. The Kier molecular flexibility index (Phi) is 4.00. The van der Waals surface area contributed by atoms with Crippen LogP contribution in [0, 0.1) is 5.92 Å². The molecule has 2 fully saturated rings. The average Bonchev–Trinajstić information content (AvgIpc) is 2.29. The molecule has 88 valence electrons. The largest absolute Gasteiger partial charge is 0.393 e. The third-order valence-electron chi connectivity index (χ3n) is 4.04. The first-order chi connectivity index (χ1) is 7.33.